The van der Waals surface area contributed by atoms with Crippen LogP contribution < -0.4 is 4.90 Å². The summed E-state index contributed by atoms with van der Waals surface area (Å²) in [6.45, 7) is 2.70. The Bertz CT molecular complexity index is 745. The molecule has 6 heteroatoms. The van der Waals surface area contributed by atoms with E-state index in [2.05, 4.69) is 0 Å². The molecule has 0 atom stereocenters. The van der Waals surface area contributed by atoms with Gasteiger partial charge in [0.2, 0.25) is 5.82 Å². The zero-order chi connectivity index (χ0) is 15.9. The van der Waals surface area contributed by atoms with Gasteiger partial charge in [0, 0.05) is 24.3 Å². The minimum Gasteiger partial charge on any atom is -0.367 e. The quantitative estimate of drug-likeness (QED) is 0.627. The first-order valence-electron chi connectivity index (χ1n) is 6.93. The molecule has 1 heterocycles. The Morgan fingerprint density at radius 3 is 2.55 bits per heavy atom. The van der Waals surface area contributed by atoms with E-state index in [1.54, 1.807) is 19.1 Å². The predicted molar refractivity (Wildman–Crippen MR) is 78.9 cm³/mol. The molecule has 0 bridgehead atoms. The highest BCUT2D eigenvalue weighted by atomic mass is 19.1. The van der Waals surface area contributed by atoms with Crippen LogP contribution in [0.1, 0.15) is 16.7 Å². The van der Waals surface area contributed by atoms with Crippen molar-refractivity contribution < 1.29 is 13.7 Å². The Morgan fingerprint density at radius 2 is 1.91 bits per heavy atom. The lowest BCUT2D eigenvalue weighted by Gasteiger charge is -2.31. The first-order chi connectivity index (χ1) is 10.5. The number of hydrogen-bond acceptors (Lipinski definition) is 3. The van der Waals surface area contributed by atoms with Gasteiger partial charge in [-0.1, -0.05) is 0 Å². The van der Waals surface area contributed by atoms with E-state index in [-0.39, 0.29) is 5.82 Å². The number of rotatable bonds is 2. The van der Waals surface area contributed by atoms with Gasteiger partial charge in [-0.05, 0) is 54.8 Å². The van der Waals surface area contributed by atoms with Crippen molar-refractivity contribution in [1.82, 2.24) is 0 Å². The maximum Gasteiger partial charge on any atom is 0.307 e. The molecule has 0 aliphatic carbocycles. The zero-order valence-corrected chi connectivity index (χ0v) is 12.0. The Kier molecular flexibility index (Phi) is 3.52. The molecule has 114 valence electrons. The van der Waals surface area contributed by atoms with Crippen molar-refractivity contribution in [2.75, 3.05) is 11.4 Å². The van der Waals surface area contributed by atoms with Gasteiger partial charge in [-0.2, -0.15) is 4.39 Å². The van der Waals surface area contributed by atoms with Gasteiger partial charge < -0.3 is 4.90 Å². The van der Waals surface area contributed by atoms with Gasteiger partial charge in [-0.25, -0.2) is 4.39 Å². The van der Waals surface area contributed by atoms with Crippen LogP contribution in [0, 0.1) is 28.7 Å². The van der Waals surface area contributed by atoms with Gasteiger partial charge in [0.15, 0.2) is 0 Å². The molecular formula is C16H14F2N2O2. The molecule has 22 heavy (non-hydrogen) atoms. The SMILES string of the molecule is Cc1c2c(cc(F)c1[N+](=O)[O-])CN(c1ccc(F)cc1)CC2. The predicted octanol–water partition coefficient (Wildman–Crippen LogP) is 3.74. The van der Waals surface area contributed by atoms with E-state index in [0.29, 0.717) is 25.1 Å². The fourth-order valence-corrected chi connectivity index (χ4v) is 2.99. The Hall–Kier alpha value is -2.50. The second-order valence-corrected chi connectivity index (χ2v) is 5.37. The average molecular weight is 304 g/mol. The molecule has 1 aliphatic rings. The summed E-state index contributed by atoms with van der Waals surface area (Å²) >= 11 is 0. The molecule has 0 amide bonds. The first-order valence-corrected chi connectivity index (χ1v) is 6.93. The summed E-state index contributed by atoms with van der Waals surface area (Å²) < 4.78 is 26.9. The van der Waals surface area contributed by atoms with Gasteiger partial charge in [0.05, 0.1) is 4.92 Å². The molecule has 0 fully saturated rings. The van der Waals surface area contributed by atoms with Gasteiger partial charge in [0.25, 0.3) is 0 Å². The minimum absolute atomic E-state index is 0.307. The maximum absolute atomic E-state index is 14.0. The van der Waals surface area contributed by atoms with Crippen molar-refractivity contribution in [3.05, 3.63) is 68.8 Å². The normalized spacial score (nSPS) is 13.9. The van der Waals surface area contributed by atoms with E-state index in [9.17, 15) is 18.9 Å². The molecule has 0 aromatic heterocycles. The summed E-state index contributed by atoms with van der Waals surface area (Å²) in [5, 5.41) is 11.0. The standard InChI is InChI=1S/C16H14F2N2O2/c1-10-14-6-7-19(13-4-2-12(17)3-5-13)9-11(14)8-15(18)16(10)20(21)22/h2-5,8H,6-7,9H2,1H3. The molecule has 0 spiro atoms. The van der Waals surface area contributed by atoms with Crippen LogP contribution in [0.4, 0.5) is 20.2 Å². The highest BCUT2D eigenvalue weighted by Crippen LogP contribution is 2.33. The van der Waals surface area contributed by atoms with Crippen molar-refractivity contribution >= 4 is 11.4 Å². The monoisotopic (exact) mass is 304 g/mol. The lowest BCUT2D eigenvalue weighted by Crippen LogP contribution is -2.31. The van der Waals surface area contributed by atoms with Crippen molar-refractivity contribution in [1.29, 1.82) is 0 Å². The Labute approximate surface area is 126 Å². The van der Waals surface area contributed by atoms with E-state index in [1.807, 2.05) is 4.90 Å². The molecular weight excluding hydrogens is 290 g/mol. The number of nitrogens with zero attached hydrogens (tertiary/aromatic N) is 2. The molecule has 4 nitrogen and oxygen atoms in total. The maximum atomic E-state index is 14.0. The van der Waals surface area contributed by atoms with Crippen LogP contribution in [0.25, 0.3) is 0 Å². The zero-order valence-electron chi connectivity index (χ0n) is 12.0. The minimum atomic E-state index is -0.804. The fourth-order valence-electron chi connectivity index (χ4n) is 2.99. The van der Waals surface area contributed by atoms with Crippen LogP contribution >= 0.6 is 0 Å². The second kappa shape index (κ2) is 5.36. The number of hydrogen-bond donors (Lipinski definition) is 0. The number of anilines is 1. The van der Waals surface area contributed by atoms with Gasteiger partial charge in [-0.15, -0.1) is 0 Å². The average Bonchev–Trinajstić information content (AvgIpc) is 2.47. The highest BCUT2D eigenvalue weighted by molar-refractivity contribution is 5.55. The molecule has 2 aromatic carbocycles. The number of nitro benzene ring substituents is 1. The topological polar surface area (TPSA) is 46.4 Å². The summed E-state index contributed by atoms with van der Waals surface area (Å²) in [6.07, 6.45) is 0.597. The van der Waals surface area contributed by atoms with Crippen molar-refractivity contribution in [3.63, 3.8) is 0 Å². The molecule has 3 rings (SSSR count). The molecule has 0 saturated heterocycles. The first kappa shape index (κ1) is 14.4. The van der Waals surface area contributed by atoms with Crippen LogP contribution in [0.15, 0.2) is 30.3 Å². The summed E-state index contributed by atoms with van der Waals surface area (Å²) in [5.41, 5.74) is 2.40. The summed E-state index contributed by atoms with van der Waals surface area (Å²) in [6, 6.07) is 7.36. The van der Waals surface area contributed by atoms with E-state index in [0.717, 1.165) is 16.8 Å². The van der Waals surface area contributed by atoms with E-state index in [1.165, 1.54) is 18.2 Å². The molecule has 0 radical (unpaired) electrons. The van der Waals surface area contributed by atoms with Gasteiger partial charge in [0.1, 0.15) is 5.82 Å². The summed E-state index contributed by atoms with van der Waals surface area (Å²) in [7, 11) is 0. The third-order valence-corrected chi connectivity index (χ3v) is 4.09. The number of benzene rings is 2. The lowest BCUT2D eigenvalue weighted by molar-refractivity contribution is -0.388. The molecule has 2 aromatic rings. The second-order valence-electron chi connectivity index (χ2n) is 5.37. The summed E-state index contributed by atoms with van der Waals surface area (Å²) in [4.78, 5) is 12.3. The summed E-state index contributed by atoms with van der Waals surface area (Å²) in [5.74, 6) is -1.11. The van der Waals surface area contributed by atoms with Crippen LogP contribution in [0.2, 0.25) is 0 Å². The number of nitro groups is 1. The Balaban J connectivity index is 1.97. The van der Waals surface area contributed by atoms with E-state index >= 15 is 0 Å². The molecule has 0 saturated carbocycles. The fraction of sp³-hybridized carbons (Fsp3) is 0.250. The smallest absolute Gasteiger partial charge is 0.307 e. The third-order valence-electron chi connectivity index (χ3n) is 4.09. The van der Waals surface area contributed by atoms with Gasteiger partial charge >= 0.3 is 5.69 Å². The highest BCUT2D eigenvalue weighted by Gasteiger charge is 2.27. The third kappa shape index (κ3) is 2.41. The lowest BCUT2D eigenvalue weighted by atomic mass is 9.93. The van der Waals surface area contributed by atoms with Crippen LogP contribution in [0.5, 0.6) is 0 Å². The number of fused-ring (bicyclic) bond motifs is 1. The van der Waals surface area contributed by atoms with Gasteiger partial charge in [-0.3, -0.25) is 10.1 Å². The van der Waals surface area contributed by atoms with Crippen molar-refractivity contribution in [2.24, 2.45) is 0 Å². The van der Waals surface area contributed by atoms with Crippen molar-refractivity contribution in [3.8, 4) is 0 Å². The molecule has 0 unspecified atom stereocenters. The van der Waals surface area contributed by atoms with Crippen LogP contribution in [0.3, 0.4) is 0 Å². The van der Waals surface area contributed by atoms with E-state index < -0.39 is 16.4 Å². The molecule has 0 N–H and O–H groups in total. The molecule has 1 aliphatic heterocycles. The van der Waals surface area contributed by atoms with Crippen LogP contribution in [-0.4, -0.2) is 11.5 Å². The van der Waals surface area contributed by atoms with Crippen LogP contribution in [-0.2, 0) is 13.0 Å². The number of halogens is 2. The van der Waals surface area contributed by atoms with Crippen molar-refractivity contribution in [2.45, 2.75) is 19.9 Å². The van der Waals surface area contributed by atoms with E-state index in [4.69, 9.17) is 0 Å². The Morgan fingerprint density at radius 1 is 1.23 bits per heavy atom. The largest absolute Gasteiger partial charge is 0.367 e.